The molecule has 0 amide bonds. The number of rotatable bonds is 3. The molecule has 0 aromatic heterocycles. The molecule has 0 radical (unpaired) electrons. The topological polar surface area (TPSA) is 29.3 Å². The summed E-state index contributed by atoms with van der Waals surface area (Å²) < 4.78 is 0. The minimum Gasteiger partial charge on any atom is -0.330 e. The normalized spacial score (nSPS) is 34.1. The Labute approximate surface area is 87.8 Å². The molecule has 0 aromatic rings. The van der Waals surface area contributed by atoms with Crippen molar-refractivity contribution in [2.45, 2.75) is 51.0 Å². The van der Waals surface area contributed by atoms with E-state index in [4.69, 9.17) is 5.73 Å². The Morgan fingerprint density at radius 2 is 1.93 bits per heavy atom. The summed E-state index contributed by atoms with van der Waals surface area (Å²) in [4.78, 5) is 2.74. The third kappa shape index (κ3) is 2.29. The van der Waals surface area contributed by atoms with Crippen LogP contribution in [0.3, 0.4) is 0 Å². The fourth-order valence-electron chi connectivity index (χ4n) is 3.29. The first-order valence-corrected chi connectivity index (χ1v) is 6.36. The first-order valence-electron chi connectivity index (χ1n) is 6.36. The van der Waals surface area contributed by atoms with E-state index in [0.717, 1.165) is 18.5 Å². The van der Waals surface area contributed by atoms with Gasteiger partial charge in [-0.05, 0) is 64.1 Å². The van der Waals surface area contributed by atoms with Gasteiger partial charge < -0.3 is 10.6 Å². The molecule has 2 heterocycles. The quantitative estimate of drug-likeness (QED) is 0.748. The summed E-state index contributed by atoms with van der Waals surface area (Å²) >= 11 is 0. The lowest BCUT2D eigenvalue weighted by molar-refractivity contribution is 0.0552. The molecule has 2 aliphatic rings. The lowest BCUT2D eigenvalue weighted by atomic mass is 9.81. The molecule has 14 heavy (non-hydrogen) atoms. The van der Waals surface area contributed by atoms with Crippen molar-refractivity contribution in [3.8, 4) is 0 Å². The van der Waals surface area contributed by atoms with Crippen LogP contribution in [0.25, 0.3) is 0 Å². The van der Waals surface area contributed by atoms with E-state index in [1.54, 1.807) is 0 Å². The predicted molar refractivity (Wildman–Crippen MR) is 60.2 cm³/mol. The maximum absolute atomic E-state index is 5.60. The Kier molecular flexibility index (Phi) is 3.82. The Hall–Kier alpha value is -0.0800. The van der Waals surface area contributed by atoms with E-state index < -0.39 is 0 Å². The van der Waals surface area contributed by atoms with Gasteiger partial charge in [0.2, 0.25) is 0 Å². The molecule has 0 saturated carbocycles. The molecule has 2 heteroatoms. The number of hydrogen-bond acceptors (Lipinski definition) is 2. The maximum Gasteiger partial charge on any atom is 0.0123 e. The van der Waals surface area contributed by atoms with Gasteiger partial charge in [0, 0.05) is 6.04 Å². The van der Waals surface area contributed by atoms with Crippen molar-refractivity contribution >= 4 is 0 Å². The molecule has 2 aliphatic heterocycles. The molecule has 0 aliphatic carbocycles. The fourth-order valence-corrected chi connectivity index (χ4v) is 3.29. The van der Waals surface area contributed by atoms with E-state index in [1.807, 2.05) is 0 Å². The molecule has 2 saturated heterocycles. The summed E-state index contributed by atoms with van der Waals surface area (Å²) in [5, 5.41) is 0. The van der Waals surface area contributed by atoms with Crippen LogP contribution in [0.4, 0.5) is 0 Å². The van der Waals surface area contributed by atoms with E-state index in [2.05, 4.69) is 4.90 Å². The Morgan fingerprint density at radius 1 is 1.07 bits per heavy atom. The Morgan fingerprint density at radius 3 is 2.79 bits per heavy atom. The minimum atomic E-state index is 0.878. The van der Waals surface area contributed by atoms with Gasteiger partial charge in [0.1, 0.15) is 0 Å². The van der Waals surface area contributed by atoms with Gasteiger partial charge >= 0.3 is 0 Å². The summed E-state index contributed by atoms with van der Waals surface area (Å²) in [6.45, 7) is 3.61. The van der Waals surface area contributed by atoms with E-state index in [9.17, 15) is 0 Å². The van der Waals surface area contributed by atoms with Crippen molar-refractivity contribution in [2.75, 3.05) is 19.6 Å². The van der Waals surface area contributed by atoms with Crippen LogP contribution < -0.4 is 5.73 Å². The van der Waals surface area contributed by atoms with Crippen LogP contribution in [0.2, 0.25) is 0 Å². The first-order chi connectivity index (χ1) is 6.92. The van der Waals surface area contributed by atoms with Crippen molar-refractivity contribution in [1.29, 1.82) is 0 Å². The maximum atomic E-state index is 5.60. The van der Waals surface area contributed by atoms with Crippen LogP contribution >= 0.6 is 0 Å². The van der Waals surface area contributed by atoms with E-state index >= 15 is 0 Å². The molecular weight excluding hydrogens is 172 g/mol. The van der Waals surface area contributed by atoms with Gasteiger partial charge in [0.25, 0.3) is 0 Å². The smallest absolute Gasteiger partial charge is 0.0123 e. The molecule has 2 N–H and O–H groups in total. The molecule has 2 fully saturated rings. The molecular formula is C12H24N2. The van der Waals surface area contributed by atoms with Gasteiger partial charge in [-0.1, -0.05) is 6.42 Å². The van der Waals surface area contributed by atoms with Crippen LogP contribution in [-0.2, 0) is 0 Å². The highest BCUT2D eigenvalue weighted by atomic mass is 15.2. The summed E-state index contributed by atoms with van der Waals surface area (Å²) in [7, 11) is 0. The highest BCUT2D eigenvalue weighted by Crippen LogP contribution is 2.33. The Bertz CT molecular complexity index is 168. The summed E-state index contributed by atoms with van der Waals surface area (Å²) in [6.07, 6.45) is 9.83. The number of nitrogens with two attached hydrogens (primary N) is 1. The average Bonchev–Trinajstić information content (AvgIpc) is 2.26. The number of nitrogens with zero attached hydrogens (tertiary/aromatic N) is 1. The first kappa shape index (κ1) is 10.4. The SMILES string of the molecule is NCCCC1CCCN2CCCCC12. The highest BCUT2D eigenvalue weighted by molar-refractivity contribution is 4.86. The Balaban J connectivity index is 1.88. The van der Waals surface area contributed by atoms with Crippen molar-refractivity contribution in [3.63, 3.8) is 0 Å². The van der Waals surface area contributed by atoms with Crippen LogP contribution in [0, 0.1) is 5.92 Å². The van der Waals surface area contributed by atoms with Crippen LogP contribution in [0.5, 0.6) is 0 Å². The second kappa shape index (κ2) is 5.13. The van der Waals surface area contributed by atoms with Crippen molar-refractivity contribution < 1.29 is 0 Å². The summed E-state index contributed by atoms with van der Waals surface area (Å²) in [6, 6.07) is 0.920. The standard InChI is InChI=1S/C12H24N2/c13-8-3-5-11-6-4-10-14-9-2-1-7-12(11)14/h11-12H,1-10,13H2. The molecule has 0 bridgehead atoms. The largest absolute Gasteiger partial charge is 0.330 e. The minimum absolute atomic E-state index is 0.878. The highest BCUT2D eigenvalue weighted by Gasteiger charge is 2.32. The molecule has 2 atom stereocenters. The lowest BCUT2D eigenvalue weighted by Crippen LogP contribution is -2.47. The molecule has 2 unspecified atom stereocenters. The lowest BCUT2D eigenvalue weighted by Gasteiger charge is -2.44. The van der Waals surface area contributed by atoms with E-state index in [-0.39, 0.29) is 0 Å². The molecule has 2 nitrogen and oxygen atoms in total. The predicted octanol–water partition coefficient (Wildman–Crippen LogP) is 1.99. The van der Waals surface area contributed by atoms with Crippen LogP contribution in [0.1, 0.15) is 44.9 Å². The number of piperidine rings is 2. The monoisotopic (exact) mass is 196 g/mol. The van der Waals surface area contributed by atoms with Crippen LogP contribution in [-0.4, -0.2) is 30.6 Å². The van der Waals surface area contributed by atoms with Crippen LogP contribution in [0.15, 0.2) is 0 Å². The van der Waals surface area contributed by atoms with Gasteiger partial charge in [-0.2, -0.15) is 0 Å². The zero-order chi connectivity index (χ0) is 9.80. The van der Waals surface area contributed by atoms with Crippen molar-refractivity contribution in [3.05, 3.63) is 0 Å². The second-order valence-corrected chi connectivity index (χ2v) is 4.93. The number of hydrogen-bond donors (Lipinski definition) is 1. The van der Waals surface area contributed by atoms with Gasteiger partial charge in [0.05, 0.1) is 0 Å². The zero-order valence-corrected chi connectivity index (χ0v) is 9.25. The third-order valence-corrected chi connectivity index (χ3v) is 4.01. The fraction of sp³-hybridized carbons (Fsp3) is 1.00. The van der Waals surface area contributed by atoms with Gasteiger partial charge in [-0.15, -0.1) is 0 Å². The van der Waals surface area contributed by atoms with E-state index in [1.165, 1.54) is 58.0 Å². The summed E-state index contributed by atoms with van der Waals surface area (Å²) in [5.41, 5.74) is 5.60. The second-order valence-electron chi connectivity index (χ2n) is 4.93. The van der Waals surface area contributed by atoms with Gasteiger partial charge in [-0.3, -0.25) is 0 Å². The van der Waals surface area contributed by atoms with Gasteiger partial charge in [-0.25, -0.2) is 0 Å². The third-order valence-electron chi connectivity index (χ3n) is 4.01. The van der Waals surface area contributed by atoms with E-state index in [0.29, 0.717) is 0 Å². The van der Waals surface area contributed by atoms with Crippen molar-refractivity contribution in [1.82, 2.24) is 4.90 Å². The van der Waals surface area contributed by atoms with Gasteiger partial charge in [0.15, 0.2) is 0 Å². The molecule has 2 rings (SSSR count). The molecule has 0 spiro atoms. The molecule has 82 valence electrons. The van der Waals surface area contributed by atoms with Crippen molar-refractivity contribution in [2.24, 2.45) is 11.7 Å². The summed E-state index contributed by atoms with van der Waals surface area (Å²) in [5.74, 6) is 0.965. The average molecular weight is 196 g/mol. The number of fused-ring (bicyclic) bond motifs is 1. The molecule has 0 aromatic carbocycles. The zero-order valence-electron chi connectivity index (χ0n) is 9.25.